The second-order valence-electron chi connectivity index (χ2n) is 2.66. The molecule has 0 saturated heterocycles. The largest absolute Gasteiger partial charge is 0.396 e. The average molecular weight is 184 g/mol. The van der Waals surface area contributed by atoms with Crippen LogP contribution >= 0.6 is 0 Å². The summed E-state index contributed by atoms with van der Waals surface area (Å²) in [6.45, 7) is 3.40. The number of nitrogen functional groups attached to an aromatic ring is 1. The lowest BCUT2D eigenvalue weighted by molar-refractivity contribution is 0.570. The van der Waals surface area contributed by atoms with Gasteiger partial charge in [-0.15, -0.1) is 6.58 Å². The Morgan fingerprint density at radius 3 is 2.46 bits per heavy atom. The number of anilines is 1. The van der Waals surface area contributed by atoms with Crippen molar-refractivity contribution in [1.82, 2.24) is 0 Å². The molecule has 0 aliphatic heterocycles. The van der Waals surface area contributed by atoms with Crippen LogP contribution in [0.5, 0.6) is 0 Å². The van der Waals surface area contributed by atoms with Crippen molar-refractivity contribution >= 4 is 5.69 Å². The predicted molar refractivity (Wildman–Crippen MR) is 47.9 cm³/mol. The fraction of sp³-hybridized carbons (Fsp3) is 0.111. The molecule has 1 atom stereocenters. The first-order valence-electron chi connectivity index (χ1n) is 3.68. The Bertz CT molecular complexity index is 337. The van der Waals surface area contributed by atoms with Crippen LogP contribution in [0.1, 0.15) is 11.6 Å². The molecule has 0 radical (unpaired) electrons. The molecule has 0 aromatic heterocycles. The van der Waals surface area contributed by atoms with Gasteiger partial charge in [-0.2, -0.15) is 0 Å². The molecule has 4 N–H and O–H groups in total. The van der Waals surface area contributed by atoms with Crippen molar-refractivity contribution in [3.05, 3.63) is 42.0 Å². The Morgan fingerprint density at radius 1 is 1.31 bits per heavy atom. The third-order valence-electron chi connectivity index (χ3n) is 1.73. The van der Waals surface area contributed by atoms with Crippen molar-refractivity contribution in [2.75, 3.05) is 5.73 Å². The van der Waals surface area contributed by atoms with Gasteiger partial charge in [0.1, 0.15) is 11.6 Å². The Morgan fingerprint density at radius 2 is 1.92 bits per heavy atom. The Kier molecular flexibility index (Phi) is 2.63. The van der Waals surface area contributed by atoms with Crippen molar-refractivity contribution in [3.63, 3.8) is 0 Å². The molecule has 0 aliphatic rings. The molecule has 0 fully saturated rings. The molecule has 70 valence electrons. The number of nitrogens with two attached hydrogens (primary N) is 2. The van der Waals surface area contributed by atoms with Crippen molar-refractivity contribution in [2.45, 2.75) is 6.04 Å². The molecule has 0 unspecified atom stereocenters. The van der Waals surface area contributed by atoms with E-state index in [0.717, 1.165) is 0 Å². The van der Waals surface area contributed by atoms with Gasteiger partial charge in [0, 0.05) is 11.6 Å². The van der Waals surface area contributed by atoms with Crippen LogP contribution in [-0.4, -0.2) is 0 Å². The van der Waals surface area contributed by atoms with Crippen LogP contribution in [0.2, 0.25) is 0 Å². The van der Waals surface area contributed by atoms with E-state index in [0.29, 0.717) is 6.07 Å². The van der Waals surface area contributed by atoms with Crippen molar-refractivity contribution in [3.8, 4) is 0 Å². The third-order valence-corrected chi connectivity index (χ3v) is 1.73. The number of halogens is 2. The average Bonchev–Trinajstić information content (AvgIpc) is 2.10. The van der Waals surface area contributed by atoms with Crippen LogP contribution in [-0.2, 0) is 0 Å². The van der Waals surface area contributed by atoms with Gasteiger partial charge in [-0.1, -0.05) is 6.08 Å². The van der Waals surface area contributed by atoms with E-state index in [4.69, 9.17) is 11.5 Å². The molecule has 1 aromatic rings. The van der Waals surface area contributed by atoms with Gasteiger partial charge in [-0.3, -0.25) is 0 Å². The van der Waals surface area contributed by atoms with Gasteiger partial charge in [0.25, 0.3) is 0 Å². The van der Waals surface area contributed by atoms with E-state index in [1.54, 1.807) is 0 Å². The maximum Gasteiger partial charge on any atom is 0.149 e. The highest BCUT2D eigenvalue weighted by Gasteiger charge is 2.11. The number of benzene rings is 1. The normalized spacial score (nSPS) is 12.5. The molecule has 1 aromatic carbocycles. The summed E-state index contributed by atoms with van der Waals surface area (Å²) in [6.07, 6.45) is 1.36. The minimum absolute atomic E-state index is 0.117. The van der Waals surface area contributed by atoms with E-state index in [1.165, 1.54) is 12.1 Å². The fourth-order valence-electron chi connectivity index (χ4n) is 0.966. The van der Waals surface area contributed by atoms with E-state index in [9.17, 15) is 8.78 Å². The van der Waals surface area contributed by atoms with Gasteiger partial charge >= 0.3 is 0 Å². The maximum atomic E-state index is 13.0. The summed E-state index contributed by atoms with van der Waals surface area (Å²) >= 11 is 0. The first-order chi connectivity index (χ1) is 6.06. The van der Waals surface area contributed by atoms with E-state index >= 15 is 0 Å². The van der Waals surface area contributed by atoms with E-state index in [-0.39, 0.29) is 11.3 Å². The van der Waals surface area contributed by atoms with Gasteiger partial charge in [-0.05, 0) is 6.07 Å². The number of hydrogen-bond donors (Lipinski definition) is 2. The maximum absolute atomic E-state index is 13.0. The molecule has 0 bridgehead atoms. The lowest BCUT2D eigenvalue weighted by atomic mass is 10.1. The fourth-order valence-corrected chi connectivity index (χ4v) is 0.966. The van der Waals surface area contributed by atoms with Crippen LogP contribution in [0, 0.1) is 11.6 Å². The second kappa shape index (κ2) is 3.53. The topological polar surface area (TPSA) is 52.0 Å². The molecule has 0 aliphatic carbocycles. The zero-order chi connectivity index (χ0) is 10.0. The summed E-state index contributed by atoms with van der Waals surface area (Å²) in [7, 11) is 0. The lowest BCUT2D eigenvalue weighted by Crippen LogP contribution is -2.10. The highest BCUT2D eigenvalue weighted by molar-refractivity contribution is 5.44. The SMILES string of the molecule is C=C[C@H](N)c1cc(N)c(F)cc1F. The molecule has 13 heavy (non-hydrogen) atoms. The molecule has 2 nitrogen and oxygen atoms in total. The summed E-state index contributed by atoms with van der Waals surface area (Å²) in [4.78, 5) is 0. The highest BCUT2D eigenvalue weighted by Crippen LogP contribution is 2.21. The first-order valence-corrected chi connectivity index (χ1v) is 3.68. The molecule has 0 amide bonds. The van der Waals surface area contributed by atoms with Crippen LogP contribution in [0.15, 0.2) is 24.8 Å². The summed E-state index contributed by atoms with van der Waals surface area (Å²) in [5, 5.41) is 0. The van der Waals surface area contributed by atoms with Crippen LogP contribution < -0.4 is 11.5 Å². The van der Waals surface area contributed by atoms with Crippen molar-refractivity contribution in [2.24, 2.45) is 5.73 Å². The Hall–Kier alpha value is -1.42. The molecular formula is C9H10F2N2. The van der Waals surface area contributed by atoms with Gasteiger partial charge in [0.15, 0.2) is 0 Å². The van der Waals surface area contributed by atoms with E-state index in [1.807, 2.05) is 0 Å². The molecule has 0 saturated carbocycles. The molecule has 0 spiro atoms. The van der Waals surface area contributed by atoms with Crippen molar-refractivity contribution in [1.29, 1.82) is 0 Å². The van der Waals surface area contributed by atoms with Crippen LogP contribution in [0.4, 0.5) is 14.5 Å². The third kappa shape index (κ3) is 1.84. The van der Waals surface area contributed by atoms with Gasteiger partial charge in [-0.25, -0.2) is 8.78 Å². The van der Waals surface area contributed by atoms with E-state index < -0.39 is 17.7 Å². The molecule has 1 rings (SSSR count). The lowest BCUT2D eigenvalue weighted by Gasteiger charge is -2.09. The summed E-state index contributed by atoms with van der Waals surface area (Å²) in [5.74, 6) is -1.49. The first kappa shape index (κ1) is 9.67. The summed E-state index contributed by atoms with van der Waals surface area (Å²) < 4.78 is 25.7. The minimum Gasteiger partial charge on any atom is -0.396 e. The number of rotatable bonds is 2. The smallest absolute Gasteiger partial charge is 0.149 e. The van der Waals surface area contributed by atoms with Gasteiger partial charge in [0.05, 0.1) is 11.7 Å². The van der Waals surface area contributed by atoms with Gasteiger partial charge in [0.2, 0.25) is 0 Å². The summed E-state index contributed by atoms with van der Waals surface area (Å²) in [6, 6.07) is 1.23. The summed E-state index contributed by atoms with van der Waals surface area (Å²) in [5.41, 5.74) is 10.8. The molecule has 4 heteroatoms. The molecular weight excluding hydrogens is 174 g/mol. The highest BCUT2D eigenvalue weighted by atomic mass is 19.1. The molecule has 0 heterocycles. The second-order valence-corrected chi connectivity index (χ2v) is 2.66. The van der Waals surface area contributed by atoms with E-state index in [2.05, 4.69) is 6.58 Å². The van der Waals surface area contributed by atoms with Crippen molar-refractivity contribution < 1.29 is 8.78 Å². The zero-order valence-electron chi connectivity index (χ0n) is 6.93. The minimum atomic E-state index is -0.780. The Balaban J connectivity index is 3.22. The van der Waals surface area contributed by atoms with Crippen LogP contribution in [0.3, 0.4) is 0 Å². The monoisotopic (exact) mass is 184 g/mol. The number of hydrogen-bond acceptors (Lipinski definition) is 2. The standard InChI is InChI=1S/C9H10F2N2/c1-2-8(12)5-3-9(13)7(11)4-6(5)10/h2-4,8H,1,12-13H2/t8-/m0/s1. The Labute approximate surface area is 74.8 Å². The quantitative estimate of drug-likeness (QED) is 0.543. The zero-order valence-corrected chi connectivity index (χ0v) is 6.93. The van der Waals surface area contributed by atoms with Crippen LogP contribution in [0.25, 0.3) is 0 Å². The van der Waals surface area contributed by atoms with Gasteiger partial charge < -0.3 is 11.5 Å². The predicted octanol–water partition coefficient (Wildman–Crippen LogP) is 1.73.